The van der Waals surface area contributed by atoms with Crippen molar-refractivity contribution in [2.45, 2.75) is 25.3 Å². The Kier molecular flexibility index (Phi) is 7.67. The van der Waals surface area contributed by atoms with E-state index < -0.39 is 24.0 Å². The molecule has 1 atom stereocenters. The van der Waals surface area contributed by atoms with Crippen LogP contribution in [-0.4, -0.2) is 56.9 Å². The zero-order valence-corrected chi connectivity index (χ0v) is 16.2. The largest absolute Gasteiger partial charge is 0.497 e. The first-order valence-corrected chi connectivity index (χ1v) is 8.81. The van der Waals surface area contributed by atoms with Gasteiger partial charge in [0.05, 0.1) is 21.3 Å². The lowest BCUT2D eigenvalue weighted by Crippen LogP contribution is -2.47. The van der Waals surface area contributed by atoms with Crippen molar-refractivity contribution in [1.29, 1.82) is 0 Å². The predicted octanol–water partition coefficient (Wildman–Crippen LogP) is 1.51. The summed E-state index contributed by atoms with van der Waals surface area (Å²) in [4.78, 5) is 38.3. The fourth-order valence-electron chi connectivity index (χ4n) is 2.77. The van der Waals surface area contributed by atoms with E-state index in [1.54, 1.807) is 7.11 Å². The van der Waals surface area contributed by atoms with Crippen LogP contribution in [0.3, 0.4) is 0 Å². The van der Waals surface area contributed by atoms with E-state index in [-0.39, 0.29) is 12.8 Å². The quantitative estimate of drug-likeness (QED) is 0.558. The highest BCUT2D eigenvalue weighted by molar-refractivity contribution is 5.85. The van der Waals surface area contributed by atoms with Crippen LogP contribution in [0.15, 0.2) is 24.4 Å². The van der Waals surface area contributed by atoms with Gasteiger partial charge in [-0.25, -0.2) is 9.59 Å². The molecule has 2 amide bonds. The summed E-state index contributed by atoms with van der Waals surface area (Å²) in [6, 6.07) is 4.29. The summed E-state index contributed by atoms with van der Waals surface area (Å²) in [6.07, 6.45) is 2.56. The van der Waals surface area contributed by atoms with Crippen LogP contribution in [0.1, 0.15) is 18.4 Å². The van der Waals surface area contributed by atoms with Crippen molar-refractivity contribution in [3.8, 4) is 5.75 Å². The van der Waals surface area contributed by atoms with E-state index in [4.69, 9.17) is 4.74 Å². The van der Waals surface area contributed by atoms with Crippen LogP contribution >= 0.6 is 0 Å². The van der Waals surface area contributed by atoms with Crippen molar-refractivity contribution in [2.75, 3.05) is 27.9 Å². The average Bonchev–Trinajstić information content (AvgIpc) is 3.12. The summed E-state index contributed by atoms with van der Waals surface area (Å²) in [7, 11) is 4.09. The minimum atomic E-state index is -0.929. The molecule has 1 unspecified atom stereocenters. The number of ether oxygens (including phenoxy) is 3. The maximum Gasteiger partial charge on any atom is 0.328 e. The molecule has 28 heavy (non-hydrogen) atoms. The van der Waals surface area contributed by atoms with Gasteiger partial charge in [0.15, 0.2) is 0 Å². The lowest BCUT2D eigenvalue weighted by molar-refractivity contribution is -0.144. The van der Waals surface area contributed by atoms with Gasteiger partial charge in [0.1, 0.15) is 11.8 Å². The van der Waals surface area contributed by atoms with Crippen molar-refractivity contribution in [3.05, 3.63) is 30.0 Å². The van der Waals surface area contributed by atoms with Gasteiger partial charge in [-0.3, -0.25) is 4.79 Å². The maximum atomic E-state index is 12.1. The highest BCUT2D eigenvalue weighted by atomic mass is 16.5. The molecule has 1 heterocycles. The van der Waals surface area contributed by atoms with E-state index in [0.717, 1.165) is 22.2 Å². The summed E-state index contributed by atoms with van der Waals surface area (Å²) >= 11 is 0. The number of carbonyl (C=O) groups is 3. The molecule has 3 N–H and O–H groups in total. The molecule has 0 aliphatic carbocycles. The predicted molar refractivity (Wildman–Crippen MR) is 102 cm³/mol. The van der Waals surface area contributed by atoms with Gasteiger partial charge in [-0.05, 0) is 36.6 Å². The van der Waals surface area contributed by atoms with Crippen LogP contribution in [0.4, 0.5) is 4.79 Å². The number of carbonyl (C=O) groups excluding carboxylic acids is 3. The second-order valence-electron chi connectivity index (χ2n) is 6.07. The molecule has 1 aromatic carbocycles. The number of nitrogens with one attached hydrogen (secondary N) is 3. The van der Waals surface area contributed by atoms with Crippen LogP contribution in [0.5, 0.6) is 5.75 Å². The van der Waals surface area contributed by atoms with Crippen molar-refractivity contribution in [2.24, 2.45) is 0 Å². The van der Waals surface area contributed by atoms with Gasteiger partial charge >= 0.3 is 18.0 Å². The summed E-state index contributed by atoms with van der Waals surface area (Å²) in [5.41, 5.74) is 2.01. The lowest BCUT2D eigenvalue weighted by atomic mass is 10.1. The van der Waals surface area contributed by atoms with Gasteiger partial charge in [-0.2, -0.15) is 0 Å². The summed E-state index contributed by atoms with van der Waals surface area (Å²) in [5, 5.41) is 6.25. The van der Waals surface area contributed by atoms with Gasteiger partial charge in [0, 0.05) is 30.1 Å². The van der Waals surface area contributed by atoms with Gasteiger partial charge < -0.3 is 29.8 Å². The van der Waals surface area contributed by atoms with E-state index in [1.165, 1.54) is 14.2 Å². The number of amides is 2. The number of hydrogen-bond acceptors (Lipinski definition) is 6. The van der Waals surface area contributed by atoms with E-state index in [1.807, 2.05) is 24.4 Å². The van der Waals surface area contributed by atoms with Crippen molar-refractivity contribution >= 4 is 28.9 Å². The fraction of sp³-hybridized carbons (Fsp3) is 0.421. The number of rotatable bonds is 9. The molecule has 2 aromatic rings. The Morgan fingerprint density at radius 1 is 1.14 bits per heavy atom. The van der Waals surface area contributed by atoms with Crippen molar-refractivity contribution in [3.63, 3.8) is 0 Å². The first kappa shape index (κ1) is 21.1. The summed E-state index contributed by atoms with van der Waals surface area (Å²) in [5.74, 6) is -0.334. The van der Waals surface area contributed by atoms with Crippen molar-refractivity contribution in [1.82, 2.24) is 15.6 Å². The lowest BCUT2D eigenvalue weighted by Gasteiger charge is -2.16. The molecule has 2 rings (SSSR count). The molecule has 0 radical (unpaired) electrons. The van der Waals surface area contributed by atoms with Crippen molar-refractivity contribution < 1.29 is 28.6 Å². The number of urea groups is 1. The smallest absolute Gasteiger partial charge is 0.328 e. The van der Waals surface area contributed by atoms with Gasteiger partial charge in [-0.1, -0.05) is 0 Å². The van der Waals surface area contributed by atoms with E-state index in [2.05, 4.69) is 25.1 Å². The van der Waals surface area contributed by atoms with Gasteiger partial charge in [0.25, 0.3) is 0 Å². The van der Waals surface area contributed by atoms with Crippen LogP contribution in [0, 0.1) is 0 Å². The third-order valence-electron chi connectivity index (χ3n) is 4.31. The summed E-state index contributed by atoms with van der Waals surface area (Å²) in [6.45, 7) is 0.362. The number of H-pyrrole nitrogens is 1. The molecule has 1 aromatic heterocycles. The Morgan fingerprint density at radius 3 is 2.61 bits per heavy atom. The molecule has 9 heteroatoms. The maximum absolute atomic E-state index is 12.1. The van der Waals surface area contributed by atoms with Crippen LogP contribution in [0.2, 0.25) is 0 Å². The third-order valence-corrected chi connectivity index (χ3v) is 4.31. The summed E-state index contributed by atoms with van der Waals surface area (Å²) < 4.78 is 14.5. The molecule has 0 saturated heterocycles. The standard InChI is InChI=1S/C19H25N3O6/c1-26-13-4-5-15-14(10-13)12(11-21-15)8-9-20-19(25)22-16(18(24)28-3)6-7-17(23)27-2/h4-5,10-11,16,21H,6-9H2,1-3H3,(H2,20,22,25). The molecule has 0 aliphatic heterocycles. The van der Waals surface area contributed by atoms with Crippen LogP contribution in [0.25, 0.3) is 10.9 Å². The molecule has 0 saturated carbocycles. The Balaban J connectivity index is 1.88. The number of benzene rings is 1. The minimum Gasteiger partial charge on any atom is -0.497 e. The molecular weight excluding hydrogens is 366 g/mol. The fourth-order valence-corrected chi connectivity index (χ4v) is 2.77. The molecule has 0 aliphatic rings. The number of fused-ring (bicyclic) bond motifs is 1. The molecule has 152 valence electrons. The average molecular weight is 391 g/mol. The molecule has 0 spiro atoms. The first-order chi connectivity index (χ1) is 13.5. The number of aromatic amines is 1. The Labute approximate surface area is 162 Å². The molecule has 0 fully saturated rings. The van der Waals surface area contributed by atoms with Crippen LogP contribution < -0.4 is 15.4 Å². The van der Waals surface area contributed by atoms with E-state index in [9.17, 15) is 14.4 Å². The normalized spacial score (nSPS) is 11.5. The van der Waals surface area contributed by atoms with Gasteiger partial charge in [-0.15, -0.1) is 0 Å². The highest BCUT2D eigenvalue weighted by Crippen LogP contribution is 2.23. The topological polar surface area (TPSA) is 119 Å². The molecular formula is C19H25N3O6. The monoisotopic (exact) mass is 391 g/mol. The minimum absolute atomic E-state index is 0.00623. The zero-order chi connectivity index (χ0) is 20.5. The second kappa shape index (κ2) is 10.2. The molecule has 9 nitrogen and oxygen atoms in total. The third kappa shape index (κ3) is 5.63. The number of methoxy groups -OCH3 is 3. The SMILES string of the molecule is COC(=O)CCC(NC(=O)NCCc1c[nH]c2ccc(OC)cc12)C(=O)OC. The number of esters is 2. The Morgan fingerprint density at radius 2 is 1.93 bits per heavy atom. The Hall–Kier alpha value is -3.23. The molecule has 0 bridgehead atoms. The highest BCUT2D eigenvalue weighted by Gasteiger charge is 2.22. The van der Waals surface area contributed by atoms with E-state index in [0.29, 0.717) is 13.0 Å². The van der Waals surface area contributed by atoms with E-state index >= 15 is 0 Å². The number of hydrogen-bond donors (Lipinski definition) is 3. The van der Waals surface area contributed by atoms with Gasteiger partial charge in [0.2, 0.25) is 0 Å². The first-order valence-electron chi connectivity index (χ1n) is 8.81. The number of aromatic nitrogens is 1. The zero-order valence-electron chi connectivity index (χ0n) is 16.2. The van der Waals surface area contributed by atoms with Crippen LogP contribution in [-0.2, 0) is 25.5 Å². The Bertz CT molecular complexity index is 832. The second-order valence-corrected chi connectivity index (χ2v) is 6.07.